The standard InChI is InChI=1S/C28H36N2O4/c1-2-33-34-19-15-29-28(32)25-10-11-26-24(20-25)9-8-23(27(26)31)14-18-30-16-12-22(13-17-30)21-6-4-3-5-7-21/h3-7,10-11,20,22-23H,2,8-9,12-19H2,1H3,(H,29,32). The van der Waals surface area contributed by atoms with E-state index in [1.54, 1.807) is 6.07 Å². The van der Waals surface area contributed by atoms with Gasteiger partial charge in [0.1, 0.15) is 0 Å². The molecule has 1 amide bonds. The summed E-state index contributed by atoms with van der Waals surface area (Å²) in [6.45, 7) is 6.18. The molecular weight excluding hydrogens is 428 g/mol. The molecule has 2 aliphatic rings. The normalized spacial score (nSPS) is 19.1. The molecule has 1 unspecified atom stereocenters. The number of piperidine rings is 1. The van der Waals surface area contributed by atoms with Crippen molar-refractivity contribution in [3.8, 4) is 0 Å². The predicted molar refractivity (Wildman–Crippen MR) is 132 cm³/mol. The Hall–Kier alpha value is -2.54. The van der Waals surface area contributed by atoms with Crippen molar-refractivity contribution in [1.29, 1.82) is 0 Å². The maximum Gasteiger partial charge on any atom is 0.251 e. The first-order chi connectivity index (χ1) is 16.7. The van der Waals surface area contributed by atoms with E-state index >= 15 is 0 Å². The average Bonchev–Trinajstić information content (AvgIpc) is 2.88. The van der Waals surface area contributed by atoms with Gasteiger partial charge in [0.05, 0.1) is 13.2 Å². The molecule has 1 atom stereocenters. The average molecular weight is 465 g/mol. The van der Waals surface area contributed by atoms with Crippen LogP contribution in [-0.2, 0) is 16.2 Å². The van der Waals surface area contributed by atoms with Gasteiger partial charge >= 0.3 is 0 Å². The van der Waals surface area contributed by atoms with E-state index in [1.165, 1.54) is 18.4 Å². The number of hydrogen-bond acceptors (Lipinski definition) is 5. The van der Waals surface area contributed by atoms with Crippen LogP contribution in [0.15, 0.2) is 48.5 Å². The van der Waals surface area contributed by atoms with E-state index in [-0.39, 0.29) is 17.6 Å². The van der Waals surface area contributed by atoms with Crippen LogP contribution < -0.4 is 5.32 Å². The van der Waals surface area contributed by atoms with Crippen LogP contribution in [0.3, 0.4) is 0 Å². The van der Waals surface area contributed by atoms with Gasteiger partial charge in [-0.3, -0.25) is 9.59 Å². The van der Waals surface area contributed by atoms with Gasteiger partial charge < -0.3 is 10.2 Å². The van der Waals surface area contributed by atoms with E-state index < -0.39 is 0 Å². The van der Waals surface area contributed by atoms with E-state index in [4.69, 9.17) is 9.78 Å². The van der Waals surface area contributed by atoms with Crippen molar-refractivity contribution in [3.63, 3.8) is 0 Å². The third kappa shape index (κ3) is 6.32. The Morgan fingerprint density at radius 3 is 2.62 bits per heavy atom. The summed E-state index contributed by atoms with van der Waals surface area (Å²) < 4.78 is 0. The molecule has 0 saturated carbocycles. The Bertz CT molecular complexity index is 954. The van der Waals surface area contributed by atoms with Gasteiger partial charge in [0.25, 0.3) is 5.91 Å². The molecule has 1 aliphatic heterocycles. The highest BCUT2D eigenvalue weighted by Gasteiger charge is 2.29. The van der Waals surface area contributed by atoms with Crippen molar-refractivity contribution in [1.82, 2.24) is 10.2 Å². The number of nitrogens with one attached hydrogen (secondary N) is 1. The molecule has 0 radical (unpaired) electrons. The van der Waals surface area contributed by atoms with Crippen LogP contribution in [-0.4, -0.2) is 56.0 Å². The van der Waals surface area contributed by atoms with Gasteiger partial charge in [-0.2, -0.15) is 0 Å². The Labute approximate surface area is 202 Å². The molecule has 0 spiro atoms. The number of rotatable bonds is 10. The Balaban J connectivity index is 1.24. The molecule has 1 heterocycles. The number of likely N-dealkylation sites (tertiary alicyclic amines) is 1. The molecule has 1 aliphatic carbocycles. The number of Topliss-reactive ketones (excluding diaryl/α,β-unsaturated/α-hetero) is 1. The molecule has 182 valence electrons. The quantitative estimate of drug-likeness (QED) is 0.321. The van der Waals surface area contributed by atoms with Gasteiger partial charge in [-0.05, 0) is 87.8 Å². The Morgan fingerprint density at radius 1 is 1.06 bits per heavy atom. The fourth-order valence-electron chi connectivity index (χ4n) is 5.14. The number of ketones is 1. The molecule has 2 aromatic carbocycles. The largest absolute Gasteiger partial charge is 0.350 e. The zero-order valence-corrected chi connectivity index (χ0v) is 20.1. The molecule has 0 bridgehead atoms. The zero-order valence-electron chi connectivity index (χ0n) is 20.1. The van der Waals surface area contributed by atoms with Gasteiger partial charge in [-0.15, -0.1) is 0 Å². The number of nitrogens with zero attached hydrogens (tertiary/aromatic N) is 1. The summed E-state index contributed by atoms with van der Waals surface area (Å²) in [4.78, 5) is 37.8. The lowest BCUT2D eigenvalue weighted by molar-refractivity contribution is -0.289. The molecule has 1 fully saturated rings. The van der Waals surface area contributed by atoms with Gasteiger partial charge in [-0.25, -0.2) is 9.78 Å². The zero-order chi connectivity index (χ0) is 23.8. The highest BCUT2D eigenvalue weighted by Crippen LogP contribution is 2.31. The fraction of sp³-hybridized carbons (Fsp3) is 0.500. The molecule has 1 N–H and O–H groups in total. The first kappa shape index (κ1) is 24.6. The first-order valence-electron chi connectivity index (χ1n) is 12.6. The third-order valence-corrected chi connectivity index (χ3v) is 7.09. The molecule has 6 heteroatoms. The molecule has 6 nitrogen and oxygen atoms in total. The third-order valence-electron chi connectivity index (χ3n) is 7.09. The van der Waals surface area contributed by atoms with Gasteiger partial charge in [0.2, 0.25) is 0 Å². The number of carbonyl (C=O) groups is 2. The summed E-state index contributed by atoms with van der Waals surface area (Å²) in [5.74, 6) is 0.813. The van der Waals surface area contributed by atoms with Crippen LogP contribution in [0.5, 0.6) is 0 Å². The SMILES string of the molecule is CCOOCCNC(=O)c1ccc2c(c1)CCC(CCN1CCC(c3ccccc3)CC1)C2=O. The van der Waals surface area contributed by atoms with Crippen molar-refractivity contribution < 1.29 is 19.4 Å². The molecule has 0 aromatic heterocycles. The summed E-state index contributed by atoms with van der Waals surface area (Å²) in [6, 6.07) is 16.3. The molecule has 1 saturated heterocycles. The van der Waals surface area contributed by atoms with Crippen LogP contribution in [0.1, 0.15) is 70.4 Å². The number of carbonyl (C=O) groups excluding carboxylic acids is 2. The number of fused-ring (bicyclic) bond motifs is 1. The lowest BCUT2D eigenvalue weighted by Gasteiger charge is -2.33. The van der Waals surface area contributed by atoms with Crippen LogP contribution in [0.25, 0.3) is 0 Å². The second-order valence-corrected chi connectivity index (χ2v) is 9.27. The van der Waals surface area contributed by atoms with Crippen LogP contribution in [0, 0.1) is 5.92 Å². The van der Waals surface area contributed by atoms with Crippen molar-refractivity contribution in [2.24, 2.45) is 5.92 Å². The highest BCUT2D eigenvalue weighted by atomic mass is 17.2. The minimum Gasteiger partial charge on any atom is -0.350 e. The topological polar surface area (TPSA) is 67.9 Å². The lowest BCUT2D eigenvalue weighted by atomic mass is 9.80. The molecule has 34 heavy (non-hydrogen) atoms. The Kier molecular flexibility index (Phi) is 8.85. The second-order valence-electron chi connectivity index (χ2n) is 9.27. The van der Waals surface area contributed by atoms with E-state index in [1.807, 2.05) is 19.1 Å². The predicted octanol–water partition coefficient (Wildman–Crippen LogP) is 4.40. The van der Waals surface area contributed by atoms with E-state index in [2.05, 4.69) is 40.5 Å². The maximum absolute atomic E-state index is 13.1. The van der Waals surface area contributed by atoms with Gasteiger partial charge in [0, 0.05) is 23.6 Å². The van der Waals surface area contributed by atoms with E-state index in [9.17, 15) is 9.59 Å². The van der Waals surface area contributed by atoms with Crippen LogP contribution in [0.4, 0.5) is 0 Å². The molecular formula is C28H36N2O4. The fourth-order valence-corrected chi connectivity index (χ4v) is 5.14. The van der Waals surface area contributed by atoms with Crippen molar-refractivity contribution in [3.05, 3.63) is 70.8 Å². The number of benzene rings is 2. The summed E-state index contributed by atoms with van der Waals surface area (Å²) in [6.07, 6.45) is 4.99. The molecule has 2 aromatic rings. The van der Waals surface area contributed by atoms with Gasteiger partial charge in [-0.1, -0.05) is 36.4 Å². The van der Waals surface area contributed by atoms with Crippen molar-refractivity contribution >= 4 is 11.7 Å². The summed E-state index contributed by atoms with van der Waals surface area (Å²) in [5, 5.41) is 2.82. The first-order valence-corrected chi connectivity index (χ1v) is 12.6. The summed E-state index contributed by atoms with van der Waals surface area (Å²) >= 11 is 0. The van der Waals surface area contributed by atoms with Crippen molar-refractivity contribution in [2.75, 3.05) is 39.4 Å². The van der Waals surface area contributed by atoms with Crippen molar-refractivity contribution in [2.45, 2.75) is 44.9 Å². The molecule has 4 rings (SSSR count). The Morgan fingerprint density at radius 2 is 1.85 bits per heavy atom. The minimum atomic E-state index is -0.156. The number of amides is 1. The maximum atomic E-state index is 13.1. The highest BCUT2D eigenvalue weighted by molar-refractivity contribution is 6.02. The second kappa shape index (κ2) is 12.2. The lowest BCUT2D eigenvalue weighted by Crippen LogP contribution is -2.36. The van der Waals surface area contributed by atoms with Crippen LogP contribution >= 0.6 is 0 Å². The smallest absolute Gasteiger partial charge is 0.251 e. The number of hydrogen-bond donors (Lipinski definition) is 1. The summed E-state index contributed by atoms with van der Waals surface area (Å²) in [5.41, 5.74) is 3.81. The van der Waals surface area contributed by atoms with Gasteiger partial charge in [0.15, 0.2) is 5.78 Å². The van der Waals surface area contributed by atoms with E-state index in [0.717, 1.165) is 50.0 Å². The minimum absolute atomic E-state index is 0.0785. The van der Waals surface area contributed by atoms with Crippen LogP contribution in [0.2, 0.25) is 0 Å². The monoisotopic (exact) mass is 464 g/mol. The summed E-state index contributed by atoms with van der Waals surface area (Å²) in [7, 11) is 0. The van der Waals surface area contributed by atoms with E-state index in [0.29, 0.717) is 31.2 Å². The number of aryl methyl sites for hydroxylation is 1.